The van der Waals surface area contributed by atoms with E-state index in [-0.39, 0.29) is 18.1 Å². The Balaban J connectivity index is 2.00. The number of benzene rings is 2. The molecule has 0 heterocycles. The molecule has 0 saturated heterocycles. The van der Waals surface area contributed by atoms with Crippen LogP contribution in [0.5, 0.6) is 0 Å². The van der Waals surface area contributed by atoms with Crippen LogP contribution in [0.25, 0.3) is 0 Å². The third-order valence-corrected chi connectivity index (χ3v) is 4.65. The highest BCUT2D eigenvalue weighted by molar-refractivity contribution is 7.86. The second-order valence-corrected chi connectivity index (χ2v) is 7.20. The standard InChI is InChI=1S/C20H19N3O4S/c1-23(2)19-11-7-17(8-12-19)21-22-18-9-13-20(14-10-18)28(25,26)27-16-6-4-3-5-15-24/h7-14,24H,15-16H2,1-2H3/b22-21+. The fourth-order valence-electron chi connectivity index (χ4n) is 1.95. The number of hydrogen-bond acceptors (Lipinski definition) is 7. The number of anilines is 1. The Morgan fingerprint density at radius 1 is 0.929 bits per heavy atom. The summed E-state index contributed by atoms with van der Waals surface area (Å²) >= 11 is 0. The molecule has 2 aromatic carbocycles. The third-order valence-electron chi connectivity index (χ3n) is 3.38. The average molecular weight is 397 g/mol. The van der Waals surface area contributed by atoms with Gasteiger partial charge in [-0.25, -0.2) is 0 Å². The maximum Gasteiger partial charge on any atom is 0.297 e. The van der Waals surface area contributed by atoms with Gasteiger partial charge >= 0.3 is 0 Å². The van der Waals surface area contributed by atoms with Gasteiger partial charge in [0.15, 0.2) is 0 Å². The predicted octanol–water partition coefficient (Wildman–Crippen LogP) is 2.87. The van der Waals surface area contributed by atoms with E-state index in [4.69, 9.17) is 9.29 Å². The zero-order valence-electron chi connectivity index (χ0n) is 15.5. The lowest BCUT2D eigenvalue weighted by atomic mass is 10.3. The molecule has 0 aliphatic rings. The van der Waals surface area contributed by atoms with Crippen molar-refractivity contribution in [1.82, 2.24) is 0 Å². The number of azo groups is 1. The Kier molecular flexibility index (Phi) is 7.73. The maximum atomic E-state index is 12.1. The molecule has 1 N–H and O–H groups in total. The molecular formula is C20H19N3O4S. The van der Waals surface area contributed by atoms with E-state index in [0.717, 1.165) is 5.69 Å². The van der Waals surface area contributed by atoms with Crippen LogP contribution in [0.1, 0.15) is 0 Å². The van der Waals surface area contributed by atoms with E-state index >= 15 is 0 Å². The molecule has 0 atom stereocenters. The van der Waals surface area contributed by atoms with E-state index in [1.165, 1.54) is 24.3 Å². The second-order valence-electron chi connectivity index (χ2n) is 5.58. The number of nitrogens with zero attached hydrogens (tertiary/aromatic N) is 3. The first-order valence-electron chi connectivity index (χ1n) is 8.17. The first-order valence-corrected chi connectivity index (χ1v) is 9.58. The molecule has 0 saturated carbocycles. The smallest absolute Gasteiger partial charge is 0.297 e. The van der Waals surface area contributed by atoms with Gasteiger partial charge in [0.2, 0.25) is 0 Å². The van der Waals surface area contributed by atoms with Gasteiger partial charge in [-0.05, 0) is 60.4 Å². The quantitative estimate of drug-likeness (QED) is 0.460. The van der Waals surface area contributed by atoms with E-state index in [1.807, 2.05) is 43.3 Å². The van der Waals surface area contributed by atoms with Crippen LogP contribution in [0, 0.1) is 23.7 Å². The summed E-state index contributed by atoms with van der Waals surface area (Å²) in [6.45, 7) is -0.633. The molecule has 0 bridgehead atoms. The number of hydrogen-bond donors (Lipinski definition) is 1. The number of aliphatic hydroxyl groups excluding tert-OH is 1. The van der Waals surface area contributed by atoms with Crippen molar-refractivity contribution in [2.45, 2.75) is 4.90 Å². The largest absolute Gasteiger partial charge is 0.384 e. The predicted molar refractivity (Wildman–Crippen MR) is 107 cm³/mol. The van der Waals surface area contributed by atoms with Crippen molar-refractivity contribution >= 4 is 27.2 Å². The Morgan fingerprint density at radius 2 is 1.46 bits per heavy atom. The van der Waals surface area contributed by atoms with Crippen molar-refractivity contribution in [3.8, 4) is 23.7 Å². The minimum atomic E-state index is -3.93. The minimum Gasteiger partial charge on any atom is -0.384 e. The van der Waals surface area contributed by atoms with Gasteiger partial charge in [-0.15, -0.1) is 0 Å². The summed E-state index contributed by atoms with van der Waals surface area (Å²) < 4.78 is 29.0. The monoisotopic (exact) mass is 397 g/mol. The van der Waals surface area contributed by atoms with Gasteiger partial charge in [-0.2, -0.15) is 18.6 Å². The molecule has 0 aromatic heterocycles. The molecule has 28 heavy (non-hydrogen) atoms. The zero-order valence-corrected chi connectivity index (χ0v) is 16.3. The maximum absolute atomic E-state index is 12.1. The van der Waals surface area contributed by atoms with Crippen molar-refractivity contribution < 1.29 is 17.7 Å². The second kappa shape index (κ2) is 10.2. The molecule has 7 nitrogen and oxygen atoms in total. The van der Waals surface area contributed by atoms with E-state index in [0.29, 0.717) is 11.4 Å². The highest BCUT2D eigenvalue weighted by atomic mass is 32.2. The molecule has 0 aliphatic heterocycles. The van der Waals surface area contributed by atoms with Gasteiger partial charge in [0.25, 0.3) is 10.1 Å². The molecule has 2 aromatic rings. The molecular weight excluding hydrogens is 378 g/mol. The fourth-order valence-corrected chi connectivity index (χ4v) is 2.77. The van der Waals surface area contributed by atoms with E-state index in [1.54, 1.807) is 0 Å². The van der Waals surface area contributed by atoms with E-state index < -0.39 is 10.1 Å². The van der Waals surface area contributed by atoms with Gasteiger partial charge in [0.05, 0.1) is 16.3 Å². The van der Waals surface area contributed by atoms with E-state index in [9.17, 15) is 8.42 Å². The van der Waals surface area contributed by atoms with Gasteiger partial charge in [0.1, 0.15) is 13.2 Å². The Hall–Kier alpha value is -3.17. The summed E-state index contributed by atoms with van der Waals surface area (Å²) in [5, 5.41) is 16.7. The van der Waals surface area contributed by atoms with Crippen LogP contribution < -0.4 is 4.90 Å². The lowest BCUT2D eigenvalue weighted by molar-refractivity contribution is 0.350. The third kappa shape index (κ3) is 6.53. The molecule has 144 valence electrons. The summed E-state index contributed by atoms with van der Waals surface area (Å²) in [7, 11) is -0.0224. The van der Waals surface area contributed by atoms with Gasteiger partial charge < -0.3 is 10.0 Å². The van der Waals surface area contributed by atoms with Gasteiger partial charge in [-0.3, -0.25) is 4.18 Å². The summed E-state index contributed by atoms with van der Waals surface area (Å²) in [6.07, 6.45) is 0. The molecule has 0 fully saturated rings. The zero-order chi connectivity index (χ0) is 20.4. The van der Waals surface area contributed by atoms with Crippen molar-refractivity contribution in [3.05, 3.63) is 48.5 Å². The SMILES string of the molecule is CN(C)c1ccc(/N=N/c2ccc(S(=O)(=O)OCC#CC#CCO)cc2)cc1. The highest BCUT2D eigenvalue weighted by Gasteiger charge is 2.14. The van der Waals surface area contributed by atoms with Crippen molar-refractivity contribution in [2.75, 3.05) is 32.2 Å². The lowest BCUT2D eigenvalue weighted by Crippen LogP contribution is -2.07. The van der Waals surface area contributed by atoms with Gasteiger partial charge in [0, 0.05) is 19.8 Å². The molecule has 0 spiro atoms. The van der Waals surface area contributed by atoms with Crippen molar-refractivity contribution in [1.29, 1.82) is 0 Å². The summed E-state index contributed by atoms with van der Waals surface area (Å²) in [5.74, 6) is 9.47. The van der Waals surface area contributed by atoms with Crippen molar-refractivity contribution in [3.63, 3.8) is 0 Å². The molecule has 0 amide bonds. The Labute approximate surface area is 164 Å². The topological polar surface area (TPSA) is 91.6 Å². The lowest BCUT2D eigenvalue weighted by Gasteiger charge is -2.11. The molecule has 8 heteroatoms. The first kappa shape index (κ1) is 21.1. The summed E-state index contributed by atoms with van der Waals surface area (Å²) in [5.41, 5.74) is 2.25. The summed E-state index contributed by atoms with van der Waals surface area (Å²) in [4.78, 5) is 1.97. The normalized spacial score (nSPS) is 10.7. The van der Waals surface area contributed by atoms with Crippen molar-refractivity contribution in [2.24, 2.45) is 10.2 Å². The Bertz CT molecular complexity index is 1040. The highest BCUT2D eigenvalue weighted by Crippen LogP contribution is 2.22. The van der Waals surface area contributed by atoms with Crippen LogP contribution in [-0.2, 0) is 14.3 Å². The van der Waals surface area contributed by atoms with Gasteiger partial charge in [-0.1, -0.05) is 11.8 Å². The van der Waals surface area contributed by atoms with E-state index in [2.05, 4.69) is 33.9 Å². The fraction of sp³-hybridized carbons (Fsp3) is 0.200. The van der Waals surface area contributed by atoms with Crippen LogP contribution in [0.3, 0.4) is 0 Å². The first-order chi connectivity index (χ1) is 13.4. The van der Waals surface area contributed by atoms with Crippen LogP contribution in [0.15, 0.2) is 63.7 Å². The Morgan fingerprint density at radius 3 is 2.00 bits per heavy atom. The minimum absolute atomic E-state index is 0.00923. The molecule has 0 aliphatic carbocycles. The molecule has 0 unspecified atom stereocenters. The molecule has 0 radical (unpaired) electrons. The van der Waals surface area contributed by atoms with Crippen LogP contribution in [0.4, 0.5) is 17.1 Å². The van der Waals surface area contributed by atoms with Crippen LogP contribution in [-0.4, -0.2) is 40.8 Å². The number of rotatable bonds is 6. The number of aliphatic hydroxyl groups is 1. The molecule has 2 rings (SSSR count). The summed E-state index contributed by atoms with van der Waals surface area (Å²) in [6, 6.07) is 13.4. The average Bonchev–Trinajstić information content (AvgIpc) is 2.69. The van der Waals surface area contributed by atoms with Crippen LogP contribution in [0.2, 0.25) is 0 Å². The van der Waals surface area contributed by atoms with Crippen LogP contribution >= 0.6 is 0 Å².